The molecule has 0 unspecified atom stereocenters. The maximum atomic E-state index is 10.9. The first kappa shape index (κ1) is 12.1. The second kappa shape index (κ2) is 4.35. The Balaban J connectivity index is 4.70. The van der Waals surface area contributed by atoms with Gasteiger partial charge in [0.1, 0.15) is 5.16 Å². The monoisotopic (exact) mass is 198 g/mol. The lowest BCUT2D eigenvalue weighted by molar-refractivity contribution is 0.137. The van der Waals surface area contributed by atoms with Crippen LogP contribution in [0, 0.1) is 0 Å². The molecule has 0 aliphatic heterocycles. The highest BCUT2D eigenvalue weighted by molar-refractivity contribution is 7.53. The molecule has 0 aliphatic carbocycles. The van der Waals surface area contributed by atoms with Crippen LogP contribution in [-0.2, 0) is 4.57 Å². The lowest BCUT2D eigenvalue weighted by Crippen LogP contribution is -2.37. The van der Waals surface area contributed by atoms with Gasteiger partial charge in [-0.05, 0) is 6.42 Å². The van der Waals surface area contributed by atoms with Crippen LogP contribution in [0.5, 0.6) is 0 Å². The van der Waals surface area contributed by atoms with Crippen molar-refractivity contribution < 1.29 is 24.6 Å². The molecular formula is C6H15O5P. The maximum absolute atomic E-state index is 10.9. The van der Waals surface area contributed by atoms with E-state index < -0.39 is 26.0 Å². The molecule has 0 heterocycles. The summed E-state index contributed by atoms with van der Waals surface area (Å²) in [5.74, 6) is 0. The largest absolute Gasteiger partial charge is 0.395 e. The van der Waals surface area contributed by atoms with Crippen molar-refractivity contribution in [3.63, 3.8) is 0 Å². The summed E-state index contributed by atoms with van der Waals surface area (Å²) in [6.07, 6.45) is 0.622. The van der Waals surface area contributed by atoms with Gasteiger partial charge in [-0.1, -0.05) is 13.3 Å². The molecule has 5 nitrogen and oxygen atoms in total. The molecule has 74 valence electrons. The van der Waals surface area contributed by atoms with Crippen LogP contribution in [-0.4, -0.2) is 38.4 Å². The van der Waals surface area contributed by atoms with Gasteiger partial charge in [0.15, 0.2) is 0 Å². The second-order valence-electron chi connectivity index (χ2n) is 2.83. The van der Waals surface area contributed by atoms with E-state index in [2.05, 4.69) is 0 Å². The maximum Gasteiger partial charge on any atom is 0.336 e. The molecule has 0 bridgehead atoms. The van der Waals surface area contributed by atoms with E-state index in [0.29, 0.717) is 6.42 Å². The molecule has 0 aromatic carbocycles. The van der Waals surface area contributed by atoms with Crippen molar-refractivity contribution in [2.24, 2.45) is 0 Å². The van der Waals surface area contributed by atoms with E-state index in [-0.39, 0.29) is 6.42 Å². The van der Waals surface area contributed by atoms with Crippen molar-refractivity contribution in [1.29, 1.82) is 0 Å². The van der Waals surface area contributed by atoms with E-state index in [1.807, 2.05) is 0 Å². The molecule has 0 aromatic rings. The summed E-state index contributed by atoms with van der Waals surface area (Å²) in [6.45, 7) is 0.346. The molecule has 0 fully saturated rings. The Morgan fingerprint density at radius 3 is 1.75 bits per heavy atom. The van der Waals surface area contributed by atoms with Crippen molar-refractivity contribution >= 4 is 7.60 Å². The minimum absolute atomic E-state index is 0.115. The Labute approximate surface area is 71.2 Å². The normalized spacial score (nSPS) is 13.4. The summed E-state index contributed by atoms with van der Waals surface area (Å²) < 4.78 is 10.9. The first-order valence-corrected chi connectivity index (χ1v) is 5.32. The van der Waals surface area contributed by atoms with Crippen LogP contribution in [0.25, 0.3) is 0 Å². The van der Waals surface area contributed by atoms with Crippen molar-refractivity contribution in [3.05, 3.63) is 0 Å². The van der Waals surface area contributed by atoms with Crippen LogP contribution in [0.3, 0.4) is 0 Å². The molecule has 0 rings (SSSR count). The highest BCUT2D eigenvalue weighted by Gasteiger charge is 2.45. The average Bonchev–Trinajstić information content (AvgIpc) is 1.98. The number of rotatable bonds is 5. The topological polar surface area (TPSA) is 98.0 Å². The minimum Gasteiger partial charge on any atom is -0.395 e. The first-order valence-electron chi connectivity index (χ1n) is 3.71. The summed E-state index contributed by atoms with van der Waals surface area (Å²) in [6, 6.07) is 0. The van der Waals surface area contributed by atoms with Crippen molar-refractivity contribution in [3.8, 4) is 0 Å². The average molecular weight is 198 g/mol. The molecule has 0 spiro atoms. The van der Waals surface area contributed by atoms with Crippen molar-refractivity contribution in [1.82, 2.24) is 0 Å². The second-order valence-corrected chi connectivity index (χ2v) is 4.87. The fraction of sp³-hybridized carbons (Fsp3) is 1.00. The molecule has 4 N–H and O–H groups in total. The quantitative estimate of drug-likeness (QED) is 0.454. The van der Waals surface area contributed by atoms with Crippen LogP contribution in [0.2, 0.25) is 0 Å². The van der Waals surface area contributed by atoms with Crippen LogP contribution in [0.15, 0.2) is 0 Å². The van der Waals surface area contributed by atoms with Crippen LogP contribution < -0.4 is 0 Å². The van der Waals surface area contributed by atoms with Gasteiger partial charge >= 0.3 is 7.60 Å². The Morgan fingerprint density at radius 2 is 1.67 bits per heavy atom. The number of hydrogen-bond acceptors (Lipinski definition) is 3. The van der Waals surface area contributed by atoms with E-state index in [1.54, 1.807) is 6.92 Å². The predicted octanol–water partition coefficient (Wildman–Crippen LogP) is -0.312. The minimum atomic E-state index is -4.42. The van der Waals surface area contributed by atoms with E-state index in [0.717, 1.165) is 0 Å². The van der Waals surface area contributed by atoms with Crippen LogP contribution >= 0.6 is 7.60 Å². The highest BCUT2D eigenvalue weighted by Crippen LogP contribution is 2.52. The van der Waals surface area contributed by atoms with Gasteiger partial charge in [0, 0.05) is 0 Å². The van der Waals surface area contributed by atoms with Gasteiger partial charge in [-0.2, -0.15) is 0 Å². The zero-order valence-electron chi connectivity index (χ0n) is 6.97. The number of aliphatic hydroxyl groups excluding tert-OH is 2. The zero-order valence-corrected chi connectivity index (χ0v) is 7.87. The summed E-state index contributed by atoms with van der Waals surface area (Å²) in [4.78, 5) is 17.7. The third-order valence-corrected chi connectivity index (χ3v) is 3.66. The lowest BCUT2D eigenvalue weighted by atomic mass is 10.1. The van der Waals surface area contributed by atoms with Gasteiger partial charge < -0.3 is 20.0 Å². The first-order chi connectivity index (χ1) is 5.43. The van der Waals surface area contributed by atoms with Crippen LogP contribution in [0.1, 0.15) is 19.8 Å². The summed E-state index contributed by atoms with van der Waals surface area (Å²) >= 11 is 0. The third kappa shape index (κ3) is 2.28. The van der Waals surface area contributed by atoms with Gasteiger partial charge in [-0.3, -0.25) is 4.57 Å². The van der Waals surface area contributed by atoms with Gasteiger partial charge in [0.25, 0.3) is 0 Å². The van der Waals surface area contributed by atoms with Gasteiger partial charge in [0.05, 0.1) is 13.2 Å². The van der Waals surface area contributed by atoms with E-state index in [4.69, 9.17) is 20.0 Å². The van der Waals surface area contributed by atoms with Gasteiger partial charge in [-0.25, -0.2) is 0 Å². The SMILES string of the molecule is CCCC(CO)(CO)P(=O)(O)O. The molecule has 0 amide bonds. The zero-order chi connectivity index (χ0) is 9.83. The summed E-state index contributed by atoms with van der Waals surface area (Å²) in [5, 5.41) is 15.9. The molecule has 0 radical (unpaired) electrons. The predicted molar refractivity (Wildman–Crippen MR) is 43.9 cm³/mol. The Kier molecular flexibility index (Phi) is 4.37. The fourth-order valence-corrected chi connectivity index (χ4v) is 1.89. The summed E-state index contributed by atoms with van der Waals surface area (Å²) in [7, 11) is -4.42. The highest BCUT2D eigenvalue weighted by atomic mass is 31.2. The molecule has 0 saturated heterocycles. The fourth-order valence-electron chi connectivity index (χ4n) is 1.00. The number of aliphatic hydroxyl groups is 2. The van der Waals surface area contributed by atoms with E-state index in [9.17, 15) is 4.57 Å². The molecule has 0 aromatic heterocycles. The summed E-state index contributed by atoms with van der Waals surface area (Å²) in [5.41, 5.74) is 0. The standard InChI is InChI=1S/C6H15O5P/c1-2-3-6(4-7,5-8)12(9,10)11/h7-8H,2-5H2,1H3,(H2,9,10,11). The Hall–Kier alpha value is 0.0700. The molecule has 12 heavy (non-hydrogen) atoms. The van der Waals surface area contributed by atoms with Crippen LogP contribution in [0.4, 0.5) is 0 Å². The molecule has 6 heteroatoms. The van der Waals surface area contributed by atoms with E-state index in [1.165, 1.54) is 0 Å². The molecule has 0 atom stereocenters. The van der Waals surface area contributed by atoms with Crippen molar-refractivity contribution in [2.45, 2.75) is 24.9 Å². The molecular weight excluding hydrogens is 183 g/mol. The number of hydrogen-bond donors (Lipinski definition) is 4. The van der Waals surface area contributed by atoms with E-state index >= 15 is 0 Å². The Morgan fingerprint density at radius 1 is 1.25 bits per heavy atom. The third-order valence-electron chi connectivity index (χ3n) is 1.92. The molecule has 0 saturated carbocycles. The van der Waals surface area contributed by atoms with Gasteiger partial charge in [-0.15, -0.1) is 0 Å². The van der Waals surface area contributed by atoms with Crippen molar-refractivity contribution in [2.75, 3.05) is 13.2 Å². The van der Waals surface area contributed by atoms with Gasteiger partial charge in [0.2, 0.25) is 0 Å². The molecule has 0 aliphatic rings. The lowest BCUT2D eigenvalue weighted by Gasteiger charge is -2.29. The smallest absolute Gasteiger partial charge is 0.336 e. The Bertz CT molecular complexity index is 171.